The number of carboxylic acids is 1. The minimum atomic E-state index is -1.30. The lowest BCUT2D eigenvalue weighted by Crippen LogP contribution is -2.51. The Morgan fingerprint density at radius 2 is 2.22 bits per heavy atom. The predicted molar refractivity (Wildman–Crippen MR) is 67.7 cm³/mol. The van der Waals surface area contributed by atoms with Crippen molar-refractivity contribution in [3.05, 3.63) is 22.4 Å². The number of carbonyl (C=O) groups is 2. The maximum Gasteiger partial charge on any atom is 0.328 e. The van der Waals surface area contributed by atoms with Crippen LogP contribution in [0, 0.1) is 0 Å². The molecule has 1 aromatic rings. The largest absolute Gasteiger partial charge is 0.480 e. The number of aliphatic hydroxyl groups excluding tert-OH is 1. The molecule has 1 rings (SSSR count). The summed E-state index contributed by atoms with van der Waals surface area (Å²) in [5, 5.41) is 24.6. The molecule has 0 saturated carbocycles. The number of nitrogens with one attached hydrogen (secondary N) is 2. The van der Waals surface area contributed by atoms with Crippen LogP contribution < -0.4 is 10.6 Å². The van der Waals surface area contributed by atoms with Gasteiger partial charge in [-0.3, -0.25) is 0 Å². The second kappa shape index (κ2) is 6.97. The molecule has 0 unspecified atom stereocenters. The Kier molecular flexibility index (Phi) is 5.60. The molecule has 0 spiro atoms. The monoisotopic (exact) mass is 272 g/mol. The minimum absolute atomic E-state index is 0.415. The summed E-state index contributed by atoms with van der Waals surface area (Å²) >= 11 is 1.59. The van der Waals surface area contributed by atoms with Crippen molar-refractivity contribution >= 4 is 23.3 Å². The molecule has 2 amide bonds. The molecule has 0 fully saturated rings. The van der Waals surface area contributed by atoms with Crippen molar-refractivity contribution in [2.24, 2.45) is 0 Å². The predicted octanol–water partition coefficient (Wildman–Crippen LogP) is 0.424. The first-order valence-electron chi connectivity index (χ1n) is 5.48. The molecule has 6 nitrogen and oxygen atoms in total. The van der Waals surface area contributed by atoms with Crippen LogP contribution in [0.25, 0.3) is 0 Å². The molecule has 0 aliphatic rings. The number of hydrogen-bond acceptors (Lipinski definition) is 4. The van der Waals surface area contributed by atoms with Gasteiger partial charge in [0.1, 0.15) is 0 Å². The standard InChI is InChI=1S/C11H16N2O4S/c1-7(14)9(10(15)16)13-11(17)12-5-4-8-3-2-6-18-8/h2-3,6-7,9,14H,4-5H2,1H3,(H,15,16)(H2,12,13,17)/t7-,9+/m1/s1. The van der Waals surface area contributed by atoms with E-state index in [-0.39, 0.29) is 0 Å². The van der Waals surface area contributed by atoms with E-state index in [9.17, 15) is 14.7 Å². The van der Waals surface area contributed by atoms with Crippen LogP contribution in [-0.2, 0) is 11.2 Å². The summed E-state index contributed by atoms with van der Waals surface area (Å²) in [5.41, 5.74) is 0. The number of thiophene rings is 1. The SMILES string of the molecule is C[C@@H](O)[C@H](NC(=O)NCCc1cccs1)C(=O)O. The smallest absolute Gasteiger partial charge is 0.328 e. The van der Waals surface area contributed by atoms with Crippen molar-refractivity contribution in [2.75, 3.05) is 6.54 Å². The van der Waals surface area contributed by atoms with E-state index in [1.807, 2.05) is 17.5 Å². The summed E-state index contributed by atoms with van der Waals surface area (Å²) in [5.74, 6) is -1.27. The van der Waals surface area contributed by atoms with E-state index in [0.717, 1.165) is 4.88 Å². The Morgan fingerprint density at radius 1 is 1.50 bits per heavy atom. The fourth-order valence-corrected chi connectivity index (χ4v) is 2.04. The molecule has 0 saturated heterocycles. The number of rotatable bonds is 6. The molecule has 2 atom stereocenters. The van der Waals surface area contributed by atoms with E-state index in [0.29, 0.717) is 13.0 Å². The van der Waals surface area contributed by atoms with Crippen LogP contribution in [0.5, 0.6) is 0 Å². The number of carboxylic acid groups (broad SMARTS) is 1. The van der Waals surface area contributed by atoms with E-state index in [1.54, 1.807) is 11.3 Å². The van der Waals surface area contributed by atoms with E-state index in [2.05, 4.69) is 10.6 Å². The van der Waals surface area contributed by atoms with Crippen LogP contribution in [0.2, 0.25) is 0 Å². The lowest BCUT2D eigenvalue weighted by Gasteiger charge is -2.17. The summed E-state index contributed by atoms with van der Waals surface area (Å²) in [4.78, 5) is 23.3. The highest BCUT2D eigenvalue weighted by atomic mass is 32.1. The molecule has 7 heteroatoms. The van der Waals surface area contributed by atoms with Crippen LogP contribution in [0.1, 0.15) is 11.8 Å². The summed E-state index contributed by atoms with van der Waals surface area (Å²) in [6.07, 6.45) is -0.456. The third kappa shape index (κ3) is 4.72. The number of aliphatic hydroxyl groups is 1. The third-order valence-corrected chi connectivity index (χ3v) is 3.21. The summed E-state index contributed by atoms with van der Waals surface area (Å²) in [6.45, 7) is 1.73. The molecule has 0 aromatic carbocycles. The average molecular weight is 272 g/mol. The molecule has 0 aliphatic heterocycles. The molecule has 0 aliphatic carbocycles. The first kappa shape index (κ1) is 14.5. The molecule has 18 heavy (non-hydrogen) atoms. The van der Waals surface area contributed by atoms with Gasteiger partial charge in [-0.15, -0.1) is 11.3 Å². The Balaban J connectivity index is 2.30. The second-order valence-corrected chi connectivity index (χ2v) is 4.82. The van der Waals surface area contributed by atoms with Gasteiger partial charge in [0.05, 0.1) is 6.10 Å². The van der Waals surface area contributed by atoms with Crippen molar-refractivity contribution in [2.45, 2.75) is 25.5 Å². The van der Waals surface area contributed by atoms with Gasteiger partial charge in [0.25, 0.3) is 0 Å². The molecule has 0 radical (unpaired) electrons. The summed E-state index contributed by atoms with van der Waals surface area (Å²) < 4.78 is 0. The molecular weight excluding hydrogens is 256 g/mol. The maximum atomic E-state index is 11.4. The molecule has 0 bridgehead atoms. The Bertz CT molecular complexity index is 392. The summed E-state index contributed by atoms with van der Waals surface area (Å²) in [6, 6.07) is 1.99. The first-order chi connectivity index (χ1) is 8.50. The van der Waals surface area contributed by atoms with Gasteiger partial charge in [-0.25, -0.2) is 9.59 Å². The van der Waals surface area contributed by atoms with Gasteiger partial charge in [0, 0.05) is 11.4 Å². The van der Waals surface area contributed by atoms with Gasteiger partial charge in [0.15, 0.2) is 6.04 Å². The van der Waals surface area contributed by atoms with E-state index in [4.69, 9.17) is 5.11 Å². The molecule has 100 valence electrons. The summed E-state index contributed by atoms with van der Waals surface area (Å²) in [7, 11) is 0. The molecule has 1 aromatic heterocycles. The minimum Gasteiger partial charge on any atom is -0.480 e. The van der Waals surface area contributed by atoms with Crippen molar-refractivity contribution < 1.29 is 19.8 Å². The topological polar surface area (TPSA) is 98.7 Å². The number of amides is 2. The molecule has 4 N–H and O–H groups in total. The van der Waals surface area contributed by atoms with E-state index in [1.165, 1.54) is 6.92 Å². The maximum absolute atomic E-state index is 11.4. The number of hydrogen-bond donors (Lipinski definition) is 4. The fourth-order valence-electron chi connectivity index (χ4n) is 1.34. The zero-order chi connectivity index (χ0) is 13.5. The van der Waals surface area contributed by atoms with Crippen molar-refractivity contribution in [1.29, 1.82) is 0 Å². The van der Waals surface area contributed by atoms with Gasteiger partial charge in [0.2, 0.25) is 0 Å². The first-order valence-corrected chi connectivity index (χ1v) is 6.36. The van der Waals surface area contributed by atoms with Crippen LogP contribution in [-0.4, -0.2) is 40.9 Å². The van der Waals surface area contributed by atoms with Gasteiger partial charge in [-0.2, -0.15) is 0 Å². The Morgan fingerprint density at radius 3 is 2.72 bits per heavy atom. The quantitative estimate of drug-likeness (QED) is 0.603. The van der Waals surface area contributed by atoms with Gasteiger partial charge >= 0.3 is 12.0 Å². The highest BCUT2D eigenvalue weighted by molar-refractivity contribution is 7.09. The molecule has 1 heterocycles. The Hall–Kier alpha value is -1.60. The lowest BCUT2D eigenvalue weighted by molar-refractivity contribution is -0.141. The van der Waals surface area contributed by atoms with Gasteiger partial charge in [-0.1, -0.05) is 6.07 Å². The zero-order valence-corrected chi connectivity index (χ0v) is 10.7. The number of urea groups is 1. The molecular formula is C11H16N2O4S. The van der Waals surface area contributed by atoms with E-state index >= 15 is 0 Å². The van der Waals surface area contributed by atoms with Crippen molar-refractivity contribution in [3.8, 4) is 0 Å². The van der Waals surface area contributed by atoms with Gasteiger partial charge in [-0.05, 0) is 24.8 Å². The Labute approximate surface area is 109 Å². The van der Waals surface area contributed by atoms with Crippen LogP contribution in [0.15, 0.2) is 17.5 Å². The highest BCUT2D eigenvalue weighted by Gasteiger charge is 2.24. The lowest BCUT2D eigenvalue weighted by atomic mass is 10.2. The van der Waals surface area contributed by atoms with Crippen LogP contribution in [0.4, 0.5) is 4.79 Å². The number of aliphatic carboxylic acids is 1. The van der Waals surface area contributed by atoms with Crippen molar-refractivity contribution in [3.63, 3.8) is 0 Å². The van der Waals surface area contributed by atoms with E-state index < -0.39 is 24.1 Å². The number of carbonyl (C=O) groups excluding carboxylic acids is 1. The highest BCUT2D eigenvalue weighted by Crippen LogP contribution is 2.07. The second-order valence-electron chi connectivity index (χ2n) is 3.79. The third-order valence-electron chi connectivity index (χ3n) is 2.27. The van der Waals surface area contributed by atoms with Gasteiger partial charge < -0.3 is 20.8 Å². The van der Waals surface area contributed by atoms with Crippen LogP contribution >= 0.6 is 11.3 Å². The van der Waals surface area contributed by atoms with Crippen molar-refractivity contribution in [1.82, 2.24) is 10.6 Å². The van der Waals surface area contributed by atoms with Crippen LogP contribution in [0.3, 0.4) is 0 Å². The zero-order valence-electron chi connectivity index (χ0n) is 9.92. The fraction of sp³-hybridized carbons (Fsp3) is 0.455. The average Bonchev–Trinajstić information content (AvgIpc) is 2.78. The normalized spacial score (nSPS) is 13.7.